The van der Waals surface area contributed by atoms with Gasteiger partial charge < -0.3 is 5.11 Å². The predicted molar refractivity (Wildman–Crippen MR) is 74.6 cm³/mol. The van der Waals surface area contributed by atoms with Gasteiger partial charge in [-0.15, -0.1) is 0 Å². The molecule has 4 nitrogen and oxygen atoms in total. The Bertz CT molecular complexity index is 579. The number of hydrogen-bond donors (Lipinski definition) is 2. The van der Waals surface area contributed by atoms with Crippen molar-refractivity contribution in [3.63, 3.8) is 0 Å². The fourth-order valence-electron chi connectivity index (χ4n) is 2.54. The van der Waals surface area contributed by atoms with Crippen LogP contribution in [0.4, 0.5) is 4.39 Å². The average molecular weight is 322 g/mol. The first-order chi connectivity index (χ1) is 9.44. The molecule has 112 valence electrons. The zero-order valence-corrected chi connectivity index (χ0v) is 12.4. The van der Waals surface area contributed by atoms with Gasteiger partial charge in [0.1, 0.15) is 10.7 Å². The van der Waals surface area contributed by atoms with Crippen LogP contribution >= 0.6 is 11.6 Å². The van der Waals surface area contributed by atoms with E-state index in [1.807, 2.05) is 0 Å². The first kappa shape index (κ1) is 15.7. The predicted octanol–water partition coefficient (Wildman–Crippen LogP) is 2.31. The summed E-state index contributed by atoms with van der Waals surface area (Å²) in [5.74, 6) is -0.991. The summed E-state index contributed by atoms with van der Waals surface area (Å²) in [5, 5.41) is 9.44. The molecule has 0 radical (unpaired) electrons. The minimum absolute atomic E-state index is 0.0731. The zero-order valence-electron chi connectivity index (χ0n) is 10.9. The maximum atomic E-state index is 13.7. The highest BCUT2D eigenvalue weighted by molar-refractivity contribution is 7.89. The smallest absolute Gasteiger partial charge is 0.243 e. The van der Waals surface area contributed by atoms with Crippen LogP contribution in [0.15, 0.2) is 23.1 Å². The van der Waals surface area contributed by atoms with Crippen LogP contribution in [0.3, 0.4) is 0 Å². The van der Waals surface area contributed by atoms with E-state index >= 15 is 0 Å². The van der Waals surface area contributed by atoms with E-state index in [-0.39, 0.29) is 23.6 Å². The first-order valence-corrected chi connectivity index (χ1v) is 8.38. The third-order valence-electron chi connectivity index (χ3n) is 3.63. The summed E-state index contributed by atoms with van der Waals surface area (Å²) < 4.78 is 40.7. The van der Waals surface area contributed by atoms with Crippen molar-refractivity contribution >= 4 is 21.6 Å². The molecule has 7 heteroatoms. The Morgan fingerprint density at radius 2 is 2.05 bits per heavy atom. The monoisotopic (exact) mass is 321 g/mol. The van der Waals surface area contributed by atoms with Crippen molar-refractivity contribution in [3.05, 3.63) is 29.0 Å². The number of rotatable bonds is 4. The SMILES string of the molecule is O=S(=O)(NC1CCCCC1CO)c1ccc(Cl)cc1F. The first-order valence-electron chi connectivity index (χ1n) is 6.52. The topological polar surface area (TPSA) is 66.4 Å². The van der Waals surface area contributed by atoms with Gasteiger partial charge in [0.15, 0.2) is 0 Å². The third kappa shape index (κ3) is 3.49. The van der Waals surface area contributed by atoms with Crippen LogP contribution in [0.5, 0.6) is 0 Å². The van der Waals surface area contributed by atoms with E-state index in [1.165, 1.54) is 6.07 Å². The molecule has 1 fully saturated rings. The largest absolute Gasteiger partial charge is 0.396 e. The van der Waals surface area contributed by atoms with E-state index in [4.69, 9.17) is 11.6 Å². The number of aliphatic hydroxyl groups excluding tert-OH is 1. The molecule has 0 amide bonds. The number of halogens is 2. The number of nitrogens with one attached hydrogen (secondary N) is 1. The average Bonchev–Trinajstić information content (AvgIpc) is 2.38. The maximum Gasteiger partial charge on any atom is 0.243 e. The number of benzene rings is 1. The Kier molecular flexibility index (Phi) is 5.01. The normalized spacial score (nSPS) is 23.8. The molecule has 20 heavy (non-hydrogen) atoms. The lowest BCUT2D eigenvalue weighted by molar-refractivity contribution is 0.164. The molecule has 2 rings (SSSR count). The van der Waals surface area contributed by atoms with Crippen LogP contribution in [0, 0.1) is 11.7 Å². The van der Waals surface area contributed by atoms with Crippen LogP contribution < -0.4 is 4.72 Å². The van der Waals surface area contributed by atoms with Crippen LogP contribution in [0.1, 0.15) is 25.7 Å². The molecule has 0 aromatic heterocycles. The van der Waals surface area contributed by atoms with Crippen molar-refractivity contribution in [2.75, 3.05) is 6.61 Å². The standard InChI is InChI=1S/C13H17ClFNO3S/c14-10-5-6-13(11(15)7-10)20(18,19)16-12-4-2-1-3-9(12)8-17/h5-7,9,12,16-17H,1-4,8H2. The number of hydrogen-bond acceptors (Lipinski definition) is 3. The molecule has 0 spiro atoms. The molecule has 1 saturated carbocycles. The van der Waals surface area contributed by atoms with Gasteiger partial charge in [0.25, 0.3) is 0 Å². The summed E-state index contributed by atoms with van der Waals surface area (Å²) >= 11 is 5.62. The molecule has 1 aliphatic rings. The van der Waals surface area contributed by atoms with Gasteiger partial charge in [0, 0.05) is 17.7 Å². The summed E-state index contributed by atoms with van der Waals surface area (Å²) in [6.07, 6.45) is 3.29. The van der Waals surface area contributed by atoms with Crippen molar-refractivity contribution in [1.29, 1.82) is 0 Å². The molecule has 2 unspecified atom stereocenters. The van der Waals surface area contributed by atoms with Crippen molar-refractivity contribution in [2.45, 2.75) is 36.6 Å². The Hall–Kier alpha value is -0.690. The molecule has 2 N–H and O–H groups in total. The zero-order chi connectivity index (χ0) is 14.8. The Morgan fingerprint density at radius 1 is 1.35 bits per heavy atom. The van der Waals surface area contributed by atoms with Gasteiger partial charge in [-0.3, -0.25) is 0 Å². The lowest BCUT2D eigenvalue weighted by Crippen LogP contribution is -2.43. The lowest BCUT2D eigenvalue weighted by Gasteiger charge is -2.30. The van der Waals surface area contributed by atoms with Gasteiger partial charge in [-0.25, -0.2) is 17.5 Å². The van der Waals surface area contributed by atoms with Gasteiger partial charge in [-0.1, -0.05) is 24.4 Å². The second kappa shape index (κ2) is 6.39. The molecule has 0 heterocycles. The second-order valence-electron chi connectivity index (χ2n) is 5.03. The minimum atomic E-state index is -3.95. The van der Waals surface area contributed by atoms with Crippen molar-refractivity contribution in [2.24, 2.45) is 5.92 Å². The summed E-state index contributed by atoms with van der Waals surface area (Å²) in [7, 11) is -3.95. The fourth-order valence-corrected chi connectivity index (χ4v) is 4.09. The second-order valence-corrected chi connectivity index (χ2v) is 7.15. The Labute approximate surface area is 123 Å². The highest BCUT2D eigenvalue weighted by atomic mass is 35.5. The fraction of sp³-hybridized carbons (Fsp3) is 0.538. The van der Waals surface area contributed by atoms with Gasteiger partial charge in [-0.05, 0) is 37.0 Å². The number of aliphatic hydroxyl groups is 1. The third-order valence-corrected chi connectivity index (χ3v) is 5.39. The molecular weight excluding hydrogens is 305 g/mol. The quantitative estimate of drug-likeness (QED) is 0.894. The number of sulfonamides is 1. The Balaban J connectivity index is 2.22. The minimum Gasteiger partial charge on any atom is -0.396 e. The van der Waals surface area contributed by atoms with Crippen molar-refractivity contribution in [1.82, 2.24) is 4.72 Å². The summed E-state index contributed by atoms with van der Waals surface area (Å²) in [5.41, 5.74) is 0. The van der Waals surface area contributed by atoms with E-state index < -0.39 is 20.7 Å². The van der Waals surface area contributed by atoms with Crippen LogP contribution in [0.25, 0.3) is 0 Å². The van der Waals surface area contributed by atoms with E-state index in [0.717, 1.165) is 31.4 Å². The van der Waals surface area contributed by atoms with Crippen molar-refractivity contribution in [3.8, 4) is 0 Å². The van der Waals surface area contributed by atoms with Crippen LogP contribution in [-0.4, -0.2) is 26.2 Å². The summed E-state index contributed by atoms with van der Waals surface area (Å²) in [6.45, 7) is -0.0731. The highest BCUT2D eigenvalue weighted by Gasteiger charge is 2.30. The van der Waals surface area contributed by atoms with Crippen molar-refractivity contribution < 1.29 is 17.9 Å². The molecular formula is C13H17ClFNO3S. The van der Waals surface area contributed by atoms with Gasteiger partial charge in [-0.2, -0.15) is 0 Å². The summed E-state index contributed by atoms with van der Waals surface area (Å²) in [4.78, 5) is -0.413. The highest BCUT2D eigenvalue weighted by Crippen LogP contribution is 2.26. The van der Waals surface area contributed by atoms with Gasteiger partial charge in [0.05, 0.1) is 0 Å². The lowest BCUT2D eigenvalue weighted by atomic mass is 9.86. The molecule has 2 atom stereocenters. The molecule has 1 aromatic carbocycles. The van der Waals surface area contributed by atoms with E-state index in [2.05, 4.69) is 4.72 Å². The van der Waals surface area contributed by atoms with Crippen LogP contribution in [-0.2, 0) is 10.0 Å². The molecule has 1 aliphatic carbocycles. The van der Waals surface area contributed by atoms with Crippen LogP contribution in [0.2, 0.25) is 5.02 Å². The van der Waals surface area contributed by atoms with Gasteiger partial charge in [0.2, 0.25) is 10.0 Å². The molecule has 0 saturated heterocycles. The maximum absolute atomic E-state index is 13.7. The van der Waals surface area contributed by atoms with Gasteiger partial charge >= 0.3 is 0 Å². The molecule has 0 aliphatic heterocycles. The van der Waals surface area contributed by atoms with E-state index in [1.54, 1.807) is 0 Å². The Morgan fingerprint density at radius 3 is 2.70 bits per heavy atom. The summed E-state index contributed by atoms with van der Waals surface area (Å²) in [6, 6.07) is 3.11. The molecule has 1 aromatic rings. The molecule has 0 bridgehead atoms. The van der Waals surface area contributed by atoms with E-state index in [9.17, 15) is 17.9 Å². The van der Waals surface area contributed by atoms with E-state index in [0.29, 0.717) is 6.42 Å².